The second-order valence-corrected chi connectivity index (χ2v) is 12.1. The third-order valence-corrected chi connectivity index (χ3v) is 9.39. The van der Waals surface area contributed by atoms with Crippen molar-refractivity contribution < 1.29 is 17.9 Å². The summed E-state index contributed by atoms with van der Waals surface area (Å²) in [6.07, 6.45) is 0.913. The van der Waals surface area contributed by atoms with Crippen LogP contribution in [0.5, 0.6) is 5.75 Å². The van der Waals surface area contributed by atoms with E-state index in [-0.39, 0.29) is 29.8 Å². The van der Waals surface area contributed by atoms with Crippen molar-refractivity contribution in [2.24, 2.45) is 5.92 Å². The summed E-state index contributed by atoms with van der Waals surface area (Å²) < 4.78 is 33.7. The minimum atomic E-state index is -3.63. The van der Waals surface area contributed by atoms with Crippen LogP contribution in [0.15, 0.2) is 47.4 Å². The summed E-state index contributed by atoms with van der Waals surface area (Å²) in [5.74, 6) is 0.299. The molecule has 35 heavy (non-hydrogen) atoms. The molecule has 188 valence electrons. The van der Waals surface area contributed by atoms with E-state index >= 15 is 0 Å². The zero-order chi connectivity index (χ0) is 25.2. The van der Waals surface area contributed by atoms with E-state index in [9.17, 15) is 13.2 Å². The average molecular weight is 537 g/mol. The van der Waals surface area contributed by atoms with Crippen LogP contribution in [-0.2, 0) is 14.8 Å². The number of sulfonamides is 1. The van der Waals surface area contributed by atoms with Crippen molar-refractivity contribution in [1.29, 1.82) is 0 Å². The number of piperidine rings is 1. The van der Waals surface area contributed by atoms with Crippen LogP contribution < -0.4 is 9.64 Å². The van der Waals surface area contributed by atoms with Gasteiger partial charge in [-0.3, -0.25) is 9.69 Å². The van der Waals surface area contributed by atoms with Gasteiger partial charge in [0.25, 0.3) is 0 Å². The fraction of sp³-hybridized carbons (Fsp3) is 0.417. The second kappa shape index (κ2) is 10.8. The molecule has 8 nitrogen and oxygen atoms in total. The number of carbonyl (C=O) groups excluding carboxylic acids is 1. The molecule has 2 aromatic carbocycles. The summed E-state index contributed by atoms with van der Waals surface area (Å²) in [7, 11) is 1.82. The number of rotatable bonds is 8. The Hall–Kier alpha value is -2.24. The Kier molecular flexibility index (Phi) is 7.97. The molecule has 4 rings (SSSR count). The van der Waals surface area contributed by atoms with E-state index < -0.39 is 10.0 Å². The first-order valence-corrected chi connectivity index (χ1v) is 14.0. The van der Waals surface area contributed by atoms with Crippen molar-refractivity contribution in [2.75, 3.05) is 52.3 Å². The zero-order valence-electron chi connectivity index (χ0n) is 20.0. The number of methoxy groups -OCH3 is 1. The predicted octanol–water partition coefficient (Wildman–Crippen LogP) is 3.95. The lowest BCUT2D eigenvalue weighted by molar-refractivity contribution is -0.123. The van der Waals surface area contributed by atoms with Gasteiger partial charge in [0, 0.05) is 32.1 Å². The van der Waals surface area contributed by atoms with Crippen LogP contribution in [0.25, 0.3) is 10.2 Å². The van der Waals surface area contributed by atoms with Gasteiger partial charge in [-0.2, -0.15) is 4.31 Å². The first kappa shape index (κ1) is 25.8. The van der Waals surface area contributed by atoms with Crippen LogP contribution in [0, 0.1) is 5.92 Å². The zero-order valence-corrected chi connectivity index (χ0v) is 22.4. The largest absolute Gasteiger partial charge is 0.497 e. The quantitative estimate of drug-likeness (QED) is 0.433. The van der Waals surface area contributed by atoms with Crippen LogP contribution in [0.1, 0.15) is 12.8 Å². The third kappa shape index (κ3) is 5.62. The molecule has 1 fully saturated rings. The van der Waals surface area contributed by atoms with E-state index in [1.165, 1.54) is 22.8 Å². The number of anilines is 1. The standard InChI is InChI=1S/C24H29ClN4O4S2/c1-27(2)15-16-29(24-26-22-20(25)5-4-6-21(22)34-24)23(30)17-11-13-28(14-12-17)35(31,32)19-9-7-18(33-3)8-10-19/h4-10,17H,11-16H2,1-3H3. The molecule has 1 aliphatic heterocycles. The van der Waals surface area contributed by atoms with Crippen LogP contribution in [0.3, 0.4) is 0 Å². The Morgan fingerprint density at radius 1 is 1.14 bits per heavy atom. The number of hydrogen-bond donors (Lipinski definition) is 0. The number of para-hydroxylation sites is 1. The molecule has 0 bridgehead atoms. The number of nitrogens with zero attached hydrogens (tertiary/aromatic N) is 4. The minimum Gasteiger partial charge on any atom is -0.497 e. The Bertz CT molecular complexity index is 1290. The maximum Gasteiger partial charge on any atom is 0.243 e. The molecule has 0 radical (unpaired) electrons. The summed E-state index contributed by atoms with van der Waals surface area (Å²) in [4.78, 5) is 22.3. The van der Waals surface area contributed by atoms with Gasteiger partial charge < -0.3 is 9.64 Å². The van der Waals surface area contributed by atoms with E-state index in [2.05, 4.69) is 4.98 Å². The summed E-state index contributed by atoms with van der Waals surface area (Å²) in [5.41, 5.74) is 0.692. The number of halogens is 1. The van der Waals surface area contributed by atoms with Gasteiger partial charge in [-0.1, -0.05) is 29.0 Å². The van der Waals surface area contributed by atoms with Gasteiger partial charge in [-0.15, -0.1) is 0 Å². The Morgan fingerprint density at radius 3 is 2.43 bits per heavy atom. The lowest BCUT2D eigenvalue weighted by Crippen LogP contribution is -2.46. The van der Waals surface area contributed by atoms with E-state index in [1.54, 1.807) is 35.2 Å². The van der Waals surface area contributed by atoms with Crippen molar-refractivity contribution in [3.05, 3.63) is 47.5 Å². The topological polar surface area (TPSA) is 83.0 Å². The van der Waals surface area contributed by atoms with Crippen molar-refractivity contribution in [1.82, 2.24) is 14.2 Å². The first-order valence-electron chi connectivity index (χ1n) is 11.4. The average Bonchev–Trinajstić information content (AvgIpc) is 3.29. The Balaban J connectivity index is 1.50. The van der Waals surface area contributed by atoms with E-state index in [1.807, 2.05) is 31.1 Å². The molecule has 1 aromatic heterocycles. The first-order chi connectivity index (χ1) is 16.7. The molecule has 1 saturated heterocycles. The molecule has 3 aromatic rings. The minimum absolute atomic E-state index is 0.0245. The number of hydrogen-bond acceptors (Lipinski definition) is 7. The molecule has 0 aliphatic carbocycles. The maximum atomic E-state index is 13.6. The third-order valence-electron chi connectivity index (χ3n) is 6.13. The fourth-order valence-electron chi connectivity index (χ4n) is 4.08. The van der Waals surface area contributed by atoms with Crippen LogP contribution in [0.4, 0.5) is 5.13 Å². The predicted molar refractivity (Wildman–Crippen MR) is 140 cm³/mol. The number of carbonyl (C=O) groups is 1. The van der Waals surface area contributed by atoms with E-state index in [0.717, 1.165) is 4.70 Å². The lowest BCUT2D eigenvalue weighted by Gasteiger charge is -2.33. The SMILES string of the molecule is COc1ccc(S(=O)(=O)N2CCC(C(=O)N(CCN(C)C)c3nc4c(Cl)cccc4s3)CC2)cc1. The monoisotopic (exact) mass is 536 g/mol. The van der Waals surface area contributed by atoms with Gasteiger partial charge in [-0.05, 0) is 63.3 Å². The molecule has 1 amide bonds. The number of ether oxygens (including phenoxy) is 1. The molecular formula is C24H29ClN4O4S2. The molecule has 11 heteroatoms. The highest BCUT2D eigenvalue weighted by Crippen LogP contribution is 2.34. The van der Waals surface area contributed by atoms with Gasteiger partial charge >= 0.3 is 0 Å². The summed E-state index contributed by atoms with van der Waals surface area (Å²) in [5, 5.41) is 1.18. The van der Waals surface area contributed by atoms with Gasteiger partial charge in [-0.25, -0.2) is 13.4 Å². The molecule has 1 aliphatic rings. The smallest absolute Gasteiger partial charge is 0.243 e. The number of benzene rings is 2. The highest BCUT2D eigenvalue weighted by atomic mass is 35.5. The molecule has 0 unspecified atom stereocenters. The van der Waals surface area contributed by atoms with E-state index in [4.69, 9.17) is 16.3 Å². The number of likely N-dealkylation sites (N-methyl/N-ethyl adjacent to an activating group) is 1. The van der Waals surface area contributed by atoms with Crippen molar-refractivity contribution in [2.45, 2.75) is 17.7 Å². The van der Waals surface area contributed by atoms with E-state index in [0.29, 0.717) is 47.4 Å². The second-order valence-electron chi connectivity index (χ2n) is 8.73. The van der Waals surface area contributed by atoms with Crippen molar-refractivity contribution in [3.63, 3.8) is 0 Å². The number of amides is 1. The van der Waals surface area contributed by atoms with Gasteiger partial charge in [0.1, 0.15) is 11.3 Å². The maximum absolute atomic E-state index is 13.6. The number of aromatic nitrogens is 1. The van der Waals surface area contributed by atoms with Crippen LogP contribution in [-0.4, -0.2) is 75.9 Å². The Morgan fingerprint density at radius 2 is 1.83 bits per heavy atom. The van der Waals surface area contributed by atoms with Crippen LogP contribution >= 0.6 is 22.9 Å². The normalized spacial score (nSPS) is 15.6. The molecular weight excluding hydrogens is 508 g/mol. The molecule has 0 atom stereocenters. The summed E-state index contributed by atoms with van der Waals surface area (Å²) in [6.45, 7) is 1.75. The molecule has 0 saturated carbocycles. The molecule has 2 heterocycles. The van der Waals surface area contributed by atoms with Crippen molar-refractivity contribution >= 4 is 54.2 Å². The number of thiazole rings is 1. The summed E-state index contributed by atoms with van der Waals surface area (Å²) in [6, 6.07) is 12.0. The molecule has 0 N–H and O–H groups in total. The van der Waals surface area contributed by atoms with Gasteiger partial charge in [0.05, 0.1) is 21.7 Å². The summed E-state index contributed by atoms with van der Waals surface area (Å²) >= 11 is 7.76. The number of fused-ring (bicyclic) bond motifs is 1. The molecule has 0 spiro atoms. The fourth-order valence-corrected chi connectivity index (χ4v) is 6.85. The van der Waals surface area contributed by atoms with Crippen molar-refractivity contribution in [3.8, 4) is 5.75 Å². The highest BCUT2D eigenvalue weighted by Gasteiger charge is 2.35. The highest BCUT2D eigenvalue weighted by molar-refractivity contribution is 7.89. The van der Waals surface area contributed by atoms with Crippen LogP contribution in [0.2, 0.25) is 5.02 Å². The Labute approximate surface area is 215 Å². The van der Waals surface area contributed by atoms with Gasteiger partial charge in [0.2, 0.25) is 15.9 Å². The van der Waals surface area contributed by atoms with Gasteiger partial charge in [0.15, 0.2) is 5.13 Å². The lowest BCUT2D eigenvalue weighted by atomic mass is 9.96.